The van der Waals surface area contributed by atoms with Crippen LogP contribution in [0.4, 0.5) is 13.2 Å². The van der Waals surface area contributed by atoms with E-state index in [2.05, 4.69) is 10.1 Å². The molecule has 1 rings (SSSR count). The Morgan fingerprint density at radius 1 is 1.45 bits per heavy atom. The van der Waals surface area contributed by atoms with E-state index in [1.807, 2.05) is 13.8 Å². The Bertz CT molecular complexity index is 331. The number of rotatable bonds is 6. The minimum atomic E-state index is -4.50. The van der Waals surface area contributed by atoms with E-state index in [1.165, 1.54) is 0 Å². The van der Waals surface area contributed by atoms with Gasteiger partial charge in [-0.05, 0) is 26.1 Å². The van der Waals surface area contributed by atoms with E-state index in [1.54, 1.807) is 4.90 Å². The van der Waals surface area contributed by atoms with Gasteiger partial charge in [0.05, 0.1) is 0 Å². The molecule has 1 heterocycles. The molecule has 0 saturated carbocycles. The minimum absolute atomic E-state index is 0.253. The van der Waals surface area contributed by atoms with Crippen LogP contribution in [0.15, 0.2) is 5.16 Å². The van der Waals surface area contributed by atoms with Gasteiger partial charge in [0.15, 0.2) is 5.84 Å². The molecule has 5 nitrogen and oxygen atoms in total. The first-order chi connectivity index (χ1) is 9.33. The number of nitrogens with zero attached hydrogens (tertiary/aromatic N) is 3. The van der Waals surface area contributed by atoms with Gasteiger partial charge in [0.2, 0.25) is 0 Å². The lowest BCUT2D eigenvalue weighted by Gasteiger charge is -2.28. The third-order valence-corrected chi connectivity index (χ3v) is 3.88. The van der Waals surface area contributed by atoms with Crippen molar-refractivity contribution in [3.8, 4) is 0 Å². The van der Waals surface area contributed by atoms with Crippen LogP contribution in [0.1, 0.15) is 20.3 Å². The van der Waals surface area contributed by atoms with Crippen LogP contribution in [0.5, 0.6) is 0 Å². The van der Waals surface area contributed by atoms with Crippen LogP contribution >= 0.6 is 0 Å². The summed E-state index contributed by atoms with van der Waals surface area (Å²) >= 11 is 0. The highest BCUT2D eigenvalue weighted by molar-refractivity contribution is 5.83. The summed E-state index contributed by atoms with van der Waals surface area (Å²) in [5.74, 6) is -2.69. The number of halogens is 3. The van der Waals surface area contributed by atoms with Gasteiger partial charge in [-0.15, -0.1) is 0 Å². The van der Waals surface area contributed by atoms with Gasteiger partial charge in [-0.25, -0.2) is 0 Å². The number of oxime groups is 1. The highest BCUT2D eigenvalue weighted by atomic mass is 19.4. The topological polar surface area (TPSA) is 65.1 Å². The molecule has 8 heteroatoms. The average Bonchev–Trinajstić information content (AvgIpc) is 2.84. The molecule has 1 fully saturated rings. The van der Waals surface area contributed by atoms with Crippen molar-refractivity contribution in [2.75, 3.05) is 32.7 Å². The van der Waals surface area contributed by atoms with E-state index < -0.39 is 17.9 Å². The predicted octanol–water partition coefficient (Wildman–Crippen LogP) is 1.33. The van der Waals surface area contributed by atoms with E-state index in [0.29, 0.717) is 13.1 Å². The fourth-order valence-electron chi connectivity index (χ4n) is 2.71. The first kappa shape index (κ1) is 17.0. The lowest BCUT2D eigenvalue weighted by molar-refractivity contribution is -0.159. The van der Waals surface area contributed by atoms with Crippen LogP contribution in [-0.2, 0) is 0 Å². The van der Waals surface area contributed by atoms with Crippen LogP contribution in [0.25, 0.3) is 0 Å². The van der Waals surface area contributed by atoms with E-state index >= 15 is 0 Å². The van der Waals surface area contributed by atoms with Crippen molar-refractivity contribution in [1.29, 1.82) is 0 Å². The monoisotopic (exact) mass is 296 g/mol. The molecule has 0 aliphatic carbocycles. The maximum Gasteiger partial charge on any atom is 0.400 e. The number of amidine groups is 1. The fourth-order valence-corrected chi connectivity index (χ4v) is 2.71. The van der Waals surface area contributed by atoms with Crippen molar-refractivity contribution in [3.63, 3.8) is 0 Å². The molecule has 2 atom stereocenters. The Morgan fingerprint density at radius 3 is 2.50 bits per heavy atom. The maximum absolute atomic E-state index is 12.9. The molecule has 0 aromatic rings. The van der Waals surface area contributed by atoms with Crippen molar-refractivity contribution in [2.45, 2.75) is 32.5 Å². The summed E-state index contributed by atoms with van der Waals surface area (Å²) in [6.07, 6.45) is -3.65. The molecule has 1 aliphatic rings. The molecule has 1 aliphatic heterocycles. The number of nitrogens with two attached hydrogens (primary N) is 1. The van der Waals surface area contributed by atoms with Gasteiger partial charge in [0.25, 0.3) is 0 Å². The van der Waals surface area contributed by atoms with Gasteiger partial charge < -0.3 is 15.8 Å². The van der Waals surface area contributed by atoms with Gasteiger partial charge in [-0.3, -0.25) is 4.90 Å². The average molecular weight is 296 g/mol. The van der Waals surface area contributed by atoms with Crippen LogP contribution in [0.2, 0.25) is 0 Å². The second-order valence-electron chi connectivity index (χ2n) is 5.04. The van der Waals surface area contributed by atoms with Crippen molar-refractivity contribution in [3.05, 3.63) is 0 Å². The quantitative estimate of drug-likeness (QED) is 0.336. The van der Waals surface area contributed by atoms with Crippen LogP contribution in [-0.4, -0.2) is 65.8 Å². The Labute approximate surface area is 117 Å². The van der Waals surface area contributed by atoms with Crippen LogP contribution in [0, 0.1) is 5.92 Å². The predicted molar refractivity (Wildman–Crippen MR) is 70.7 cm³/mol. The summed E-state index contributed by atoms with van der Waals surface area (Å²) < 4.78 is 38.7. The molecule has 3 N–H and O–H groups in total. The minimum Gasteiger partial charge on any atom is -0.409 e. The molecule has 1 saturated heterocycles. The van der Waals surface area contributed by atoms with E-state index in [4.69, 9.17) is 10.9 Å². The smallest absolute Gasteiger partial charge is 0.400 e. The summed E-state index contributed by atoms with van der Waals surface area (Å²) in [7, 11) is 0. The van der Waals surface area contributed by atoms with Gasteiger partial charge in [-0.1, -0.05) is 19.0 Å². The molecule has 0 radical (unpaired) electrons. The molecule has 0 aromatic carbocycles. The van der Waals surface area contributed by atoms with Crippen molar-refractivity contribution in [1.82, 2.24) is 9.80 Å². The summed E-state index contributed by atoms with van der Waals surface area (Å²) in [5.41, 5.74) is 5.17. The summed E-state index contributed by atoms with van der Waals surface area (Å²) in [4.78, 5) is 3.98. The number of hydrogen-bond acceptors (Lipinski definition) is 4. The van der Waals surface area contributed by atoms with Crippen molar-refractivity contribution >= 4 is 5.84 Å². The Kier molecular flexibility index (Phi) is 6.07. The maximum atomic E-state index is 12.9. The second-order valence-corrected chi connectivity index (χ2v) is 5.04. The third kappa shape index (κ3) is 4.24. The second kappa shape index (κ2) is 7.12. The molecule has 0 bridgehead atoms. The lowest BCUT2D eigenvalue weighted by Crippen LogP contribution is -2.45. The summed E-state index contributed by atoms with van der Waals surface area (Å²) in [6, 6.07) is 0.283. The summed E-state index contributed by atoms with van der Waals surface area (Å²) in [5, 5.41) is 11.0. The molecular formula is C12H23F3N4O. The SMILES string of the molecule is CCN(CC)C1CCN(CC(C(N)=NO)C(F)(F)F)C1. The number of likely N-dealkylation sites (N-methyl/N-ethyl adjacent to an activating group) is 1. The molecule has 0 aromatic heterocycles. The van der Waals surface area contributed by atoms with E-state index in [9.17, 15) is 13.2 Å². The normalized spacial score (nSPS) is 23.5. The summed E-state index contributed by atoms with van der Waals surface area (Å²) in [6.45, 7) is 6.80. The van der Waals surface area contributed by atoms with Gasteiger partial charge >= 0.3 is 6.18 Å². The standard InChI is InChI=1S/C12H23F3N4O/c1-3-19(4-2)9-5-6-18(7-9)8-10(11(16)17-20)12(13,14)15/h9-10,20H,3-8H2,1-2H3,(H2,16,17). The molecule has 0 amide bonds. The molecule has 20 heavy (non-hydrogen) atoms. The molecule has 0 spiro atoms. The van der Waals surface area contributed by atoms with Crippen molar-refractivity contribution < 1.29 is 18.4 Å². The Morgan fingerprint density at radius 2 is 2.05 bits per heavy atom. The Hall–Kier alpha value is -1.02. The first-order valence-electron chi connectivity index (χ1n) is 6.83. The highest BCUT2D eigenvalue weighted by Gasteiger charge is 2.44. The molecular weight excluding hydrogens is 273 g/mol. The molecule has 2 unspecified atom stereocenters. The van der Waals surface area contributed by atoms with Gasteiger partial charge in [0, 0.05) is 19.1 Å². The van der Waals surface area contributed by atoms with Gasteiger partial charge in [0.1, 0.15) is 5.92 Å². The fraction of sp³-hybridized carbons (Fsp3) is 0.917. The zero-order chi connectivity index (χ0) is 15.3. The molecule has 118 valence electrons. The van der Waals surface area contributed by atoms with E-state index in [-0.39, 0.29) is 12.6 Å². The lowest BCUT2D eigenvalue weighted by atomic mass is 10.1. The number of hydrogen-bond donors (Lipinski definition) is 2. The Balaban J connectivity index is 2.64. The van der Waals surface area contributed by atoms with Gasteiger partial charge in [-0.2, -0.15) is 13.2 Å². The zero-order valence-corrected chi connectivity index (χ0v) is 11.9. The number of likely N-dealkylation sites (tertiary alicyclic amines) is 1. The van der Waals surface area contributed by atoms with Crippen LogP contribution in [0.3, 0.4) is 0 Å². The van der Waals surface area contributed by atoms with Crippen LogP contribution < -0.4 is 5.73 Å². The largest absolute Gasteiger partial charge is 0.409 e. The van der Waals surface area contributed by atoms with E-state index in [0.717, 1.165) is 19.5 Å². The first-order valence-corrected chi connectivity index (χ1v) is 6.83. The number of alkyl halides is 3. The van der Waals surface area contributed by atoms with Crippen molar-refractivity contribution in [2.24, 2.45) is 16.8 Å². The highest BCUT2D eigenvalue weighted by Crippen LogP contribution is 2.28. The third-order valence-electron chi connectivity index (χ3n) is 3.88. The zero-order valence-electron chi connectivity index (χ0n) is 11.9.